The molecule has 4 heteroatoms. The molecule has 0 bridgehead atoms. The lowest BCUT2D eigenvalue weighted by molar-refractivity contribution is -0.132. The monoisotopic (exact) mass is 240 g/mol. The molecule has 0 saturated carbocycles. The van der Waals surface area contributed by atoms with Crippen molar-refractivity contribution in [2.45, 2.75) is 32.9 Å². The summed E-state index contributed by atoms with van der Waals surface area (Å²) in [5.74, 6) is -0.0511. The summed E-state index contributed by atoms with van der Waals surface area (Å²) in [7, 11) is 0. The van der Waals surface area contributed by atoms with E-state index < -0.39 is 0 Å². The van der Waals surface area contributed by atoms with E-state index in [4.69, 9.17) is 11.6 Å². The van der Waals surface area contributed by atoms with E-state index >= 15 is 0 Å². The number of hydrogen-bond donors (Lipinski definition) is 0. The summed E-state index contributed by atoms with van der Waals surface area (Å²) in [6.07, 6.45) is 1.73. The predicted octanol–water partition coefficient (Wildman–Crippen LogP) is 2.62. The number of hydrogen-bond acceptors (Lipinski definition) is 2. The van der Waals surface area contributed by atoms with E-state index in [2.05, 4.69) is 4.98 Å². The van der Waals surface area contributed by atoms with E-state index in [1.165, 1.54) is 0 Å². The average Bonchev–Trinajstić information content (AvgIpc) is 2.29. The highest BCUT2D eigenvalue weighted by atomic mass is 35.5. The van der Waals surface area contributed by atoms with Gasteiger partial charge in [0.25, 0.3) is 0 Å². The number of nitrogens with zero attached hydrogens (tertiary/aromatic N) is 2. The zero-order valence-electron chi connectivity index (χ0n) is 9.85. The zero-order chi connectivity index (χ0) is 12.1. The molecular formula is C12H17ClN2O. The first-order valence-corrected chi connectivity index (χ1v) is 5.89. The molecule has 0 N–H and O–H groups in total. The van der Waals surface area contributed by atoms with Gasteiger partial charge in [-0.15, -0.1) is 11.6 Å². The Labute approximate surface area is 101 Å². The molecule has 0 saturated heterocycles. The van der Waals surface area contributed by atoms with Gasteiger partial charge in [-0.2, -0.15) is 0 Å². The quantitative estimate of drug-likeness (QED) is 0.758. The van der Waals surface area contributed by atoms with Crippen molar-refractivity contribution in [3.63, 3.8) is 0 Å². The number of halogens is 1. The van der Waals surface area contributed by atoms with E-state index in [0.717, 1.165) is 5.69 Å². The molecule has 1 atom stereocenters. The molecule has 0 fully saturated rings. The molecule has 0 spiro atoms. The first kappa shape index (κ1) is 13.0. The van der Waals surface area contributed by atoms with Crippen LogP contribution in [0.4, 0.5) is 0 Å². The molecule has 1 rings (SSSR count). The minimum atomic E-state index is -0.0604. The SMILES string of the molecule is CC(C)N(C(=O)CCl)[C@@H](C)c1ccccn1. The number of carbonyl (C=O) groups excluding carboxylic acids is 1. The first-order chi connectivity index (χ1) is 7.57. The smallest absolute Gasteiger partial charge is 0.238 e. The Bertz CT molecular complexity index is 340. The fraction of sp³-hybridized carbons (Fsp3) is 0.500. The fourth-order valence-corrected chi connectivity index (χ4v) is 1.92. The van der Waals surface area contributed by atoms with Crippen LogP contribution in [0.3, 0.4) is 0 Å². The topological polar surface area (TPSA) is 33.2 Å². The Morgan fingerprint density at radius 3 is 2.56 bits per heavy atom. The first-order valence-electron chi connectivity index (χ1n) is 5.36. The van der Waals surface area contributed by atoms with Gasteiger partial charge < -0.3 is 4.90 Å². The van der Waals surface area contributed by atoms with Crippen LogP contribution < -0.4 is 0 Å². The summed E-state index contributed by atoms with van der Waals surface area (Å²) >= 11 is 5.61. The Kier molecular flexibility index (Phi) is 4.74. The maximum Gasteiger partial charge on any atom is 0.238 e. The van der Waals surface area contributed by atoms with E-state index in [1.807, 2.05) is 39.0 Å². The van der Waals surface area contributed by atoms with Crippen LogP contribution >= 0.6 is 11.6 Å². The molecule has 0 aliphatic heterocycles. The molecule has 0 radical (unpaired) electrons. The molecule has 88 valence electrons. The molecule has 1 aromatic rings. The molecule has 0 aliphatic carbocycles. The van der Waals surface area contributed by atoms with Crippen LogP contribution in [-0.2, 0) is 4.79 Å². The maximum atomic E-state index is 11.7. The van der Waals surface area contributed by atoms with Gasteiger partial charge in [0.15, 0.2) is 0 Å². The van der Waals surface area contributed by atoms with Crippen LogP contribution in [0, 0.1) is 0 Å². The third kappa shape index (κ3) is 2.95. The number of carbonyl (C=O) groups is 1. The van der Waals surface area contributed by atoms with Crippen LogP contribution in [-0.4, -0.2) is 27.7 Å². The van der Waals surface area contributed by atoms with E-state index in [-0.39, 0.29) is 23.9 Å². The van der Waals surface area contributed by atoms with Gasteiger partial charge in [0.2, 0.25) is 5.91 Å². The van der Waals surface area contributed by atoms with Crippen molar-refractivity contribution in [2.24, 2.45) is 0 Å². The number of rotatable bonds is 4. The number of alkyl halides is 1. The molecule has 3 nitrogen and oxygen atoms in total. The standard InChI is InChI=1S/C12H17ClN2O/c1-9(2)15(12(16)8-13)10(3)11-6-4-5-7-14-11/h4-7,9-10H,8H2,1-3H3/t10-/m0/s1. The maximum absolute atomic E-state index is 11.7. The van der Waals surface area contributed by atoms with E-state index in [9.17, 15) is 4.79 Å². The van der Waals surface area contributed by atoms with E-state index in [0.29, 0.717) is 0 Å². The Hall–Kier alpha value is -1.09. The van der Waals surface area contributed by atoms with Crippen LogP contribution in [0.5, 0.6) is 0 Å². The predicted molar refractivity (Wildman–Crippen MR) is 65.4 cm³/mol. The fourth-order valence-electron chi connectivity index (χ4n) is 1.79. The summed E-state index contributed by atoms with van der Waals surface area (Å²) in [5.41, 5.74) is 0.884. The van der Waals surface area contributed by atoms with Gasteiger partial charge in [0, 0.05) is 12.2 Å². The minimum absolute atomic E-state index is 0.00928. The second-order valence-electron chi connectivity index (χ2n) is 3.96. The van der Waals surface area contributed by atoms with Crippen LogP contribution in [0.2, 0.25) is 0 Å². The summed E-state index contributed by atoms with van der Waals surface area (Å²) < 4.78 is 0. The highest BCUT2D eigenvalue weighted by molar-refractivity contribution is 6.27. The molecule has 1 heterocycles. The molecule has 0 unspecified atom stereocenters. The summed E-state index contributed by atoms with van der Waals surface area (Å²) in [6, 6.07) is 5.76. The van der Waals surface area contributed by atoms with Gasteiger partial charge in [0.05, 0.1) is 11.7 Å². The third-order valence-electron chi connectivity index (χ3n) is 2.49. The lowest BCUT2D eigenvalue weighted by Crippen LogP contribution is -2.40. The van der Waals surface area contributed by atoms with Crippen molar-refractivity contribution in [3.8, 4) is 0 Å². The Balaban J connectivity index is 2.92. The van der Waals surface area contributed by atoms with Crippen molar-refractivity contribution >= 4 is 17.5 Å². The van der Waals surface area contributed by atoms with Gasteiger partial charge in [-0.1, -0.05) is 6.07 Å². The Morgan fingerprint density at radius 1 is 1.44 bits per heavy atom. The summed E-state index contributed by atoms with van der Waals surface area (Å²) in [4.78, 5) is 17.8. The van der Waals surface area contributed by atoms with Gasteiger partial charge in [-0.05, 0) is 32.9 Å². The molecular weight excluding hydrogens is 224 g/mol. The lowest BCUT2D eigenvalue weighted by atomic mass is 10.1. The third-order valence-corrected chi connectivity index (χ3v) is 2.72. The van der Waals surface area contributed by atoms with Gasteiger partial charge in [0.1, 0.15) is 5.88 Å². The van der Waals surface area contributed by atoms with Crippen LogP contribution in [0.1, 0.15) is 32.5 Å². The number of aromatic nitrogens is 1. The Morgan fingerprint density at radius 2 is 2.12 bits per heavy atom. The molecule has 1 aromatic heterocycles. The minimum Gasteiger partial charge on any atom is -0.331 e. The number of pyridine rings is 1. The molecule has 16 heavy (non-hydrogen) atoms. The van der Waals surface area contributed by atoms with Gasteiger partial charge in [-0.3, -0.25) is 9.78 Å². The van der Waals surface area contributed by atoms with Crippen molar-refractivity contribution in [2.75, 3.05) is 5.88 Å². The normalized spacial score (nSPS) is 12.6. The average molecular weight is 241 g/mol. The number of amides is 1. The molecule has 0 aromatic carbocycles. The van der Waals surface area contributed by atoms with Crippen molar-refractivity contribution in [1.82, 2.24) is 9.88 Å². The molecule has 0 aliphatic rings. The molecule has 1 amide bonds. The second kappa shape index (κ2) is 5.85. The van der Waals surface area contributed by atoms with Crippen molar-refractivity contribution in [3.05, 3.63) is 30.1 Å². The van der Waals surface area contributed by atoms with Crippen molar-refractivity contribution in [1.29, 1.82) is 0 Å². The highest BCUT2D eigenvalue weighted by Gasteiger charge is 2.23. The largest absolute Gasteiger partial charge is 0.331 e. The lowest BCUT2D eigenvalue weighted by Gasteiger charge is -2.32. The summed E-state index contributed by atoms with van der Waals surface area (Å²) in [5, 5.41) is 0. The van der Waals surface area contributed by atoms with Gasteiger partial charge >= 0.3 is 0 Å². The van der Waals surface area contributed by atoms with Crippen LogP contribution in [0.15, 0.2) is 24.4 Å². The summed E-state index contributed by atoms with van der Waals surface area (Å²) in [6.45, 7) is 5.92. The highest BCUT2D eigenvalue weighted by Crippen LogP contribution is 2.20. The van der Waals surface area contributed by atoms with E-state index in [1.54, 1.807) is 11.1 Å². The van der Waals surface area contributed by atoms with Crippen LogP contribution in [0.25, 0.3) is 0 Å². The zero-order valence-corrected chi connectivity index (χ0v) is 10.6. The second-order valence-corrected chi connectivity index (χ2v) is 4.23. The van der Waals surface area contributed by atoms with Crippen molar-refractivity contribution < 1.29 is 4.79 Å². The van der Waals surface area contributed by atoms with Gasteiger partial charge in [-0.25, -0.2) is 0 Å².